The van der Waals surface area contributed by atoms with Crippen molar-refractivity contribution in [3.05, 3.63) is 38.3 Å². The first-order chi connectivity index (χ1) is 7.50. The molecule has 8 heteroatoms. The zero-order chi connectivity index (χ0) is 12.1. The average Bonchev–Trinajstić information content (AvgIpc) is 2.20. The van der Waals surface area contributed by atoms with Gasteiger partial charge < -0.3 is 11.5 Å². The molecular weight excluding hydrogens is 278 g/mol. The van der Waals surface area contributed by atoms with Gasteiger partial charge in [0.25, 0.3) is 5.69 Å². The first kappa shape index (κ1) is 12.1. The highest BCUT2D eigenvalue weighted by atomic mass is 79.9. The van der Waals surface area contributed by atoms with Gasteiger partial charge in [0, 0.05) is 22.2 Å². The summed E-state index contributed by atoms with van der Waals surface area (Å²) in [6.45, 7) is 0. The van der Waals surface area contributed by atoms with E-state index in [9.17, 15) is 10.1 Å². The van der Waals surface area contributed by atoms with Crippen LogP contribution >= 0.6 is 15.9 Å². The molecule has 0 aliphatic heterocycles. The van der Waals surface area contributed by atoms with Crippen molar-refractivity contribution in [2.45, 2.75) is 0 Å². The quantitative estimate of drug-likeness (QED) is 0.372. The Hall–Kier alpha value is -1.96. The summed E-state index contributed by atoms with van der Waals surface area (Å²) in [6.07, 6.45) is 1.32. The van der Waals surface area contributed by atoms with Crippen molar-refractivity contribution in [1.82, 2.24) is 0 Å². The van der Waals surface area contributed by atoms with Crippen LogP contribution < -0.4 is 11.5 Å². The number of benzene rings is 1. The molecule has 1 aromatic carbocycles. The van der Waals surface area contributed by atoms with Crippen LogP contribution in [0.15, 0.2) is 32.9 Å². The summed E-state index contributed by atoms with van der Waals surface area (Å²) in [5, 5.41) is 17.5. The number of non-ortho nitro benzene ring substituents is 1. The maximum absolute atomic E-state index is 10.5. The second-order valence-electron chi connectivity index (χ2n) is 2.73. The van der Waals surface area contributed by atoms with E-state index in [0.29, 0.717) is 10.0 Å². The van der Waals surface area contributed by atoms with Gasteiger partial charge in [-0.25, -0.2) is 0 Å². The molecule has 0 spiro atoms. The Labute approximate surface area is 99.1 Å². The standard InChI is InChI=1S/C8H8BrN5O2/c9-7-2-1-6(14(15)16)3-5(7)4-12-13-8(10)11/h1-4H,(H4,10,11,13)/b12-4+. The Bertz CT molecular complexity index is 467. The third-order valence-corrected chi connectivity index (χ3v) is 2.28. The second-order valence-corrected chi connectivity index (χ2v) is 3.59. The van der Waals surface area contributed by atoms with Gasteiger partial charge in [0.1, 0.15) is 0 Å². The maximum Gasteiger partial charge on any atom is 0.270 e. The summed E-state index contributed by atoms with van der Waals surface area (Å²) >= 11 is 3.22. The van der Waals surface area contributed by atoms with E-state index in [2.05, 4.69) is 26.1 Å². The van der Waals surface area contributed by atoms with Crippen molar-refractivity contribution in [2.24, 2.45) is 21.7 Å². The summed E-state index contributed by atoms with van der Waals surface area (Å²) in [6, 6.07) is 4.28. The van der Waals surface area contributed by atoms with Crippen molar-refractivity contribution in [3.63, 3.8) is 0 Å². The fraction of sp³-hybridized carbons (Fsp3) is 0. The van der Waals surface area contributed by atoms with Gasteiger partial charge in [-0.3, -0.25) is 10.1 Å². The topological polar surface area (TPSA) is 120 Å². The summed E-state index contributed by atoms with van der Waals surface area (Å²) in [4.78, 5) is 10.0. The number of nitro benzene ring substituents is 1. The van der Waals surface area contributed by atoms with Gasteiger partial charge in [-0.2, -0.15) is 5.10 Å². The van der Waals surface area contributed by atoms with E-state index in [4.69, 9.17) is 11.5 Å². The molecule has 0 bridgehead atoms. The number of hydrogen-bond acceptors (Lipinski definition) is 4. The van der Waals surface area contributed by atoms with Crippen LogP contribution in [0.2, 0.25) is 0 Å². The molecule has 0 amide bonds. The van der Waals surface area contributed by atoms with Crippen LogP contribution in [0.1, 0.15) is 5.56 Å². The van der Waals surface area contributed by atoms with Crippen molar-refractivity contribution in [2.75, 3.05) is 0 Å². The number of rotatable bonds is 3. The smallest absolute Gasteiger partial charge is 0.270 e. The Kier molecular flexibility index (Phi) is 3.95. The maximum atomic E-state index is 10.5. The molecule has 0 saturated carbocycles. The van der Waals surface area contributed by atoms with Gasteiger partial charge >= 0.3 is 0 Å². The molecule has 0 fully saturated rings. The zero-order valence-electron chi connectivity index (χ0n) is 8.00. The van der Waals surface area contributed by atoms with Gasteiger partial charge in [0.2, 0.25) is 5.96 Å². The SMILES string of the molecule is NC(N)=N/N=C/c1cc([N+](=O)[O-])ccc1Br. The Balaban J connectivity index is 3.03. The lowest BCUT2D eigenvalue weighted by Gasteiger charge is -1.97. The van der Waals surface area contributed by atoms with Crippen LogP contribution in [0.3, 0.4) is 0 Å². The van der Waals surface area contributed by atoms with Crippen molar-refractivity contribution >= 4 is 33.8 Å². The third kappa shape index (κ3) is 3.31. The number of nitrogens with zero attached hydrogens (tertiary/aromatic N) is 3. The summed E-state index contributed by atoms with van der Waals surface area (Å²) in [5.41, 5.74) is 10.6. The highest BCUT2D eigenvalue weighted by Gasteiger charge is 2.07. The molecule has 7 nitrogen and oxygen atoms in total. The molecule has 0 atom stereocenters. The zero-order valence-corrected chi connectivity index (χ0v) is 9.59. The van der Waals surface area contributed by atoms with E-state index < -0.39 is 4.92 Å². The van der Waals surface area contributed by atoms with Crippen molar-refractivity contribution < 1.29 is 4.92 Å². The molecule has 0 aliphatic carbocycles. The van der Waals surface area contributed by atoms with Gasteiger partial charge in [-0.1, -0.05) is 15.9 Å². The first-order valence-electron chi connectivity index (χ1n) is 4.06. The first-order valence-corrected chi connectivity index (χ1v) is 4.86. The van der Waals surface area contributed by atoms with E-state index in [1.165, 1.54) is 18.3 Å². The van der Waals surface area contributed by atoms with Gasteiger partial charge in [0.15, 0.2) is 0 Å². The van der Waals surface area contributed by atoms with Gasteiger partial charge in [0.05, 0.1) is 11.1 Å². The minimum absolute atomic E-state index is 0.0330. The van der Waals surface area contributed by atoms with E-state index >= 15 is 0 Å². The van der Waals surface area contributed by atoms with Crippen LogP contribution in [0.5, 0.6) is 0 Å². The average molecular weight is 286 g/mol. The Morgan fingerprint density at radius 2 is 2.19 bits per heavy atom. The Morgan fingerprint density at radius 3 is 2.75 bits per heavy atom. The molecule has 4 N–H and O–H groups in total. The van der Waals surface area contributed by atoms with E-state index in [1.807, 2.05) is 0 Å². The van der Waals surface area contributed by atoms with Crippen LogP contribution in [-0.2, 0) is 0 Å². The molecule has 84 valence electrons. The monoisotopic (exact) mass is 285 g/mol. The van der Waals surface area contributed by atoms with E-state index in [1.54, 1.807) is 6.07 Å². The highest BCUT2D eigenvalue weighted by molar-refractivity contribution is 9.10. The fourth-order valence-corrected chi connectivity index (χ4v) is 1.25. The summed E-state index contributed by atoms with van der Waals surface area (Å²) in [5.74, 6) is -0.183. The van der Waals surface area contributed by atoms with Crippen molar-refractivity contribution in [3.8, 4) is 0 Å². The molecule has 1 aromatic rings. The van der Waals surface area contributed by atoms with E-state index in [0.717, 1.165) is 0 Å². The second kappa shape index (κ2) is 5.21. The van der Waals surface area contributed by atoms with Gasteiger partial charge in [-0.15, -0.1) is 5.10 Å². The number of nitro groups is 1. The van der Waals surface area contributed by atoms with Crippen LogP contribution in [0.4, 0.5) is 5.69 Å². The number of hydrogen-bond donors (Lipinski definition) is 2. The predicted octanol–water partition coefficient (Wildman–Crippen LogP) is 0.965. The minimum Gasteiger partial charge on any atom is -0.369 e. The predicted molar refractivity (Wildman–Crippen MR) is 64.2 cm³/mol. The normalized spacial score (nSPS) is 10.3. The number of halogens is 1. The van der Waals surface area contributed by atoms with Crippen LogP contribution in [-0.4, -0.2) is 17.1 Å². The van der Waals surface area contributed by atoms with E-state index in [-0.39, 0.29) is 11.6 Å². The van der Waals surface area contributed by atoms with Crippen LogP contribution in [0, 0.1) is 10.1 Å². The van der Waals surface area contributed by atoms with Crippen molar-refractivity contribution in [1.29, 1.82) is 0 Å². The molecule has 0 saturated heterocycles. The molecule has 1 rings (SSSR count). The lowest BCUT2D eigenvalue weighted by molar-refractivity contribution is -0.384. The molecule has 0 heterocycles. The lowest BCUT2D eigenvalue weighted by atomic mass is 10.2. The summed E-state index contributed by atoms with van der Waals surface area (Å²) < 4.78 is 0.660. The molecular formula is C8H8BrN5O2. The molecule has 16 heavy (non-hydrogen) atoms. The number of guanidine groups is 1. The summed E-state index contributed by atoms with van der Waals surface area (Å²) in [7, 11) is 0. The molecule has 0 aliphatic rings. The molecule has 0 aromatic heterocycles. The number of nitrogens with two attached hydrogens (primary N) is 2. The molecule has 0 unspecified atom stereocenters. The molecule has 0 radical (unpaired) electrons. The van der Waals surface area contributed by atoms with Crippen LogP contribution in [0.25, 0.3) is 0 Å². The third-order valence-electron chi connectivity index (χ3n) is 1.56. The minimum atomic E-state index is -0.496. The highest BCUT2D eigenvalue weighted by Crippen LogP contribution is 2.20. The van der Waals surface area contributed by atoms with Gasteiger partial charge in [-0.05, 0) is 6.07 Å². The lowest BCUT2D eigenvalue weighted by Crippen LogP contribution is -2.21. The Morgan fingerprint density at radius 1 is 1.50 bits per heavy atom. The largest absolute Gasteiger partial charge is 0.369 e. The fourth-order valence-electron chi connectivity index (χ4n) is 0.901.